The lowest BCUT2D eigenvalue weighted by Crippen LogP contribution is -2.02. The number of imidazole rings is 1. The Morgan fingerprint density at radius 2 is 1.69 bits per heavy atom. The van der Waals surface area contributed by atoms with Crippen LogP contribution in [0.25, 0.3) is 11.0 Å². The molecule has 0 radical (unpaired) electrons. The van der Waals surface area contributed by atoms with E-state index < -0.39 is 11.6 Å². The fourth-order valence-electron chi connectivity index (χ4n) is 2.63. The minimum absolute atomic E-state index is 0.237. The number of aromatic nitrogens is 3. The number of pyridine rings is 1. The summed E-state index contributed by atoms with van der Waals surface area (Å²) in [5.41, 5.74) is 1.20. The molecular formula is C19H14F2N4O. The van der Waals surface area contributed by atoms with E-state index in [-0.39, 0.29) is 5.69 Å². The van der Waals surface area contributed by atoms with Crippen LogP contribution in [0.4, 0.5) is 20.4 Å². The Labute approximate surface area is 147 Å². The summed E-state index contributed by atoms with van der Waals surface area (Å²) in [6.07, 6.45) is 3.28. The Morgan fingerprint density at radius 1 is 0.962 bits per heavy atom. The maximum atomic E-state index is 13.9. The van der Waals surface area contributed by atoms with Crippen LogP contribution in [0.3, 0.4) is 0 Å². The average molecular weight is 352 g/mol. The van der Waals surface area contributed by atoms with Crippen LogP contribution in [0.2, 0.25) is 0 Å². The molecule has 0 unspecified atom stereocenters. The van der Waals surface area contributed by atoms with E-state index in [0.717, 1.165) is 5.52 Å². The van der Waals surface area contributed by atoms with Crippen LogP contribution in [0.1, 0.15) is 0 Å². The number of aryl methyl sites for hydroxylation is 1. The van der Waals surface area contributed by atoms with Crippen LogP contribution in [-0.4, -0.2) is 14.5 Å². The van der Waals surface area contributed by atoms with Gasteiger partial charge in [0.2, 0.25) is 5.95 Å². The second-order valence-corrected chi connectivity index (χ2v) is 5.65. The van der Waals surface area contributed by atoms with Crippen molar-refractivity contribution in [3.63, 3.8) is 0 Å². The standard InChI is InChI=1S/C19H14F2N4O/c1-25-17-6-5-13(26-12-7-9-22-10-8-12)11-16(17)23-19(25)24-18-14(20)3-2-4-15(18)21/h2-11H,1H3,(H,23,24). The fourth-order valence-corrected chi connectivity index (χ4v) is 2.63. The number of nitrogens with zero attached hydrogens (tertiary/aromatic N) is 3. The van der Waals surface area contributed by atoms with Crippen molar-refractivity contribution < 1.29 is 13.5 Å². The molecule has 26 heavy (non-hydrogen) atoms. The van der Waals surface area contributed by atoms with Gasteiger partial charge in [-0.05, 0) is 36.4 Å². The van der Waals surface area contributed by atoms with E-state index in [1.165, 1.54) is 18.2 Å². The van der Waals surface area contributed by atoms with Crippen molar-refractivity contribution in [1.29, 1.82) is 0 Å². The highest BCUT2D eigenvalue weighted by Gasteiger charge is 2.14. The molecule has 130 valence electrons. The number of hydrogen-bond donors (Lipinski definition) is 1. The van der Waals surface area contributed by atoms with Gasteiger partial charge in [0, 0.05) is 25.5 Å². The van der Waals surface area contributed by atoms with Crippen LogP contribution in [0, 0.1) is 11.6 Å². The number of benzene rings is 2. The van der Waals surface area contributed by atoms with E-state index in [0.29, 0.717) is 23.0 Å². The molecule has 7 heteroatoms. The van der Waals surface area contributed by atoms with Crippen molar-refractivity contribution in [3.05, 3.63) is 72.6 Å². The first kappa shape index (κ1) is 16.0. The molecule has 0 bridgehead atoms. The number of halogens is 2. The molecule has 0 aliphatic carbocycles. The number of rotatable bonds is 4. The lowest BCUT2D eigenvalue weighted by Gasteiger charge is -2.08. The third kappa shape index (κ3) is 2.95. The molecule has 2 aromatic carbocycles. The molecule has 0 amide bonds. The molecule has 0 saturated heterocycles. The molecule has 2 heterocycles. The number of hydrogen-bond acceptors (Lipinski definition) is 4. The normalized spacial score (nSPS) is 10.9. The van der Waals surface area contributed by atoms with Crippen molar-refractivity contribution in [1.82, 2.24) is 14.5 Å². The lowest BCUT2D eigenvalue weighted by molar-refractivity contribution is 0.482. The summed E-state index contributed by atoms with van der Waals surface area (Å²) in [5, 5.41) is 2.72. The molecule has 1 N–H and O–H groups in total. The van der Waals surface area contributed by atoms with E-state index in [9.17, 15) is 8.78 Å². The third-order valence-corrected chi connectivity index (χ3v) is 3.94. The Morgan fingerprint density at radius 3 is 2.42 bits per heavy atom. The van der Waals surface area contributed by atoms with Crippen LogP contribution in [-0.2, 0) is 7.05 Å². The number of anilines is 2. The first-order valence-electron chi connectivity index (χ1n) is 7.87. The first-order valence-corrected chi connectivity index (χ1v) is 7.87. The molecule has 2 aromatic heterocycles. The second kappa shape index (κ2) is 6.44. The van der Waals surface area contributed by atoms with Gasteiger partial charge in [-0.25, -0.2) is 13.8 Å². The van der Waals surface area contributed by atoms with E-state index in [4.69, 9.17) is 4.74 Å². The SMILES string of the molecule is Cn1c(Nc2c(F)cccc2F)nc2cc(Oc3ccncc3)ccc21. The first-order chi connectivity index (χ1) is 12.6. The van der Waals surface area contributed by atoms with Gasteiger partial charge in [-0.3, -0.25) is 4.98 Å². The minimum atomic E-state index is -0.682. The average Bonchev–Trinajstić information content (AvgIpc) is 2.94. The Balaban J connectivity index is 1.68. The molecule has 5 nitrogen and oxygen atoms in total. The number of nitrogens with one attached hydrogen (secondary N) is 1. The molecule has 4 rings (SSSR count). The highest BCUT2D eigenvalue weighted by atomic mass is 19.1. The molecule has 0 atom stereocenters. The smallest absolute Gasteiger partial charge is 0.208 e. The third-order valence-electron chi connectivity index (χ3n) is 3.94. The summed E-state index contributed by atoms with van der Waals surface area (Å²) in [7, 11) is 1.76. The molecule has 0 aliphatic heterocycles. The Kier molecular flexibility index (Phi) is 3.96. The van der Waals surface area contributed by atoms with Crippen LogP contribution in [0.5, 0.6) is 11.5 Å². The van der Waals surface area contributed by atoms with Crippen LogP contribution in [0.15, 0.2) is 60.9 Å². The summed E-state index contributed by atoms with van der Waals surface area (Å²) >= 11 is 0. The summed E-state index contributed by atoms with van der Waals surface area (Å²) in [6, 6.07) is 12.6. The van der Waals surface area contributed by atoms with E-state index in [1.54, 1.807) is 48.3 Å². The molecule has 0 aliphatic rings. The maximum Gasteiger partial charge on any atom is 0.208 e. The highest BCUT2D eigenvalue weighted by molar-refractivity contribution is 5.81. The van der Waals surface area contributed by atoms with Gasteiger partial charge in [0.1, 0.15) is 28.8 Å². The van der Waals surface area contributed by atoms with Gasteiger partial charge in [0.25, 0.3) is 0 Å². The van der Waals surface area contributed by atoms with Gasteiger partial charge in [-0.15, -0.1) is 0 Å². The van der Waals surface area contributed by atoms with Crippen molar-refractivity contribution in [2.45, 2.75) is 0 Å². The zero-order chi connectivity index (χ0) is 18.1. The van der Waals surface area contributed by atoms with Gasteiger partial charge in [-0.1, -0.05) is 6.07 Å². The van der Waals surface area contributed by atoms with E-state index in [2.05, 4.69) is 15.3 Å². The monoisotopic (exact) mass is 352 g/mol. The minimum Gasteiger partial charge on any atom is -0.457 e. The van der Waals surface area contributed by atoms with Crippen molar-refractivity contribution in [3.8, 4) is 11.5 Å². The number of fused-ring (bicyclic) bond motifs is 1. The van der Waals surface area contributed by atoms with Gasteiger partial charge < -0.3 is 14.6 Å². The van der Waals surface area contributed by atoms with Gasteiger partial charge in [0.05, 0.1) is 11.0 Å². The predicted molar refractivity (Wildman–Crippen MR) is 94.7 cm³/mol. The van der Waals surface area contributed by atoms with Crippen molar-refractivity contribution >= 4 is 22.7 Å². The largest absolute Gasteiger partial charge is 0.457 e. The van der Waals surface area contributed by atoms with Gasteiger partial charge >= 0.3 is 0 Å². The number of para-hydroxylation sites is 1. The summed E-state index contributed by atoms with van der Waals surface area (Å²) < 4.78 is 35.2. The van der Waals surface area contributed by atoms with Crippen LogP contribution >= 0.6 is 0 Å². The quantitative estimate of drug-likeness (QED) is 0.574. The lowest BCUT2D eigenvalue weighted by atomic mass is 10.3. The van der Waals surface area contributed by atoms with Gasteiger partial charge in [0.15, 0.2) is 0 Å². The van der Waals surface area contributed by atoms with E-state index >= 15 is 0 Å². The second-order valence-electron chi connectivity index (χ2n) is 5.65. The molecule has 0 fully saturated rings. The van der Waals surface area contributed by atoms with Gasteiger partial charge in [-0.2, -0.15) is 0 Å². The van der Waals surface area contributed by atoms with Crippen LogP contribution < -0.4 is 10.1 Å². The Hall–Kier alpha value is -3.48. The van der Waals surface area contributed by atoms with E-state index in [1.807, 2.05) is 6.07 Å². The highest BCUT2D eigenvalue weighted by Crippen LogP contribution is 2.29. The zero-order valence-corrected chi connectivity index (χ0v) is 13.8. The topological polar surface area (TPSA) is 52.0 Å². The molecule has 0 spiro atoms. The fraction of sp³-hybridized carbons (Fsp3) is 0.0526. The van der Waals surface area contributed by atoms with Crippen molar-refractivity contribution in [2.75, 3.05) is 5.32 Å². The summed E-state index contributed by atoms with van der Waals surface area (Å²) in [6.45, 7) is 0. The summed E-state index contributed by atoms with van der Waals surface area (Å²) in [4.78, 5) is 8.36. The van der Waals surface area contributed by atoms with Crippen molar-refractivity contribution in [2.24, 2.45) is 7.05 Å². The summed E-state index contributed by atoms with van der Waals surface area (Å²) in [5.74, 6) is 0.218. The number of ether oxygens (including phenoxy) is 1. The predicted octanol–water partition coefficient (Wildman–Crippen LogP) is 4.78. The molecular weight excluding hydrogens is 338 g/mol. The zero-order valence-electron chi connectivity index (χ0n) is 13.8. The Bertz CT molecular complexity index is 1060. The molecule has 0 saturated carbocycles. The maximum absolute atomic E-state index is 13.9. The molecule has 4 aromatic rings.